The van der Waals surface area contributed by atoms with Gasteiger partial charge in [0.25, 0.3) is 5.91 Å². The molecule has 2 aromatic rings. The molecular weight excluding hydrogens is 326 g/mol. The van der Waals surface area contributed by atoms with Crippen LogP contribution in [0.2, 0.25) is 0 Å². The summed E-state index contributed by atoms with van der Waals surface area (Å²) in [4.78, 5) is 23.3. The normalized spacial score (nSPS) is 12.2. The number of fused-ring (bicyclic) bond motifs is 1. The van der Waals surface area contributed by atoms with Gasteiger partial charge >= 0.3 is 5.97 Å². The number of anilines is 1. The lowest BCUT2D eigenvalue weighted by Gasteiger charge is -2.18. The van der Waals surface area contributed by atoms with E-state index in [1.807, 2.05) is 0 Å². The van der Waals surface area contributed by atoms with Gasteiger partial charge in [0.15, 0.2) is 18.1 Å². The Morgan fingerprint density at radius 3 is 2.48 bits per heavy atom. The Morgan fingerprint density at radius 2 is 1.76 bits per heavy atom. The van der Waals surface area contributed by atoms with Crippen molar-refractivity contribution in [2.75, 3.05) is 32.2 Å². The quantitative estimate of drug-likeness (QED) is 0.839. The smallest absolute Gasteiger partial charge is 0.337 e. The molecule has 1 N–H and O–H groups in total. The van der Waals surface area contributed by atoms with E-state index in [2.05, 4.69) is 10.1 Å². The third-order valence-corrected chi connectivity index (χ3v) is 3.47. The molecule has 130 valence electrons. The van der Waals surface area contributed by atoms with Crippen LogP contribution in [0.3, 0.4) is 0 Å². The fourth-order valence-corrected chi connectivity index (χ4v) is 2.27. The van der Waals surface area contributed by atoms with E-state index in [-0.39, 0.29) is 12.5 Å². The molecule has 1 aliphatic heterocycles. The van der Waals surface area contributed by atoms with Crippen molar-refractivity contribution in [1.82, 2.24) is 0 Å². The van der Waals surface area contributed by atoms with E-state index in [9.17, 15) is 9.59 Å². The molecule has 2 aromatic carbocycles. The number of hydrogen-bond acceptors (Lipinski definition) is 6. The second-order valence-corrected chi connectivity index (χ2v) is 5.21. The van der Waals surface area contributed by atoms with Crippen LogP contribution in [0, 0.1) is 0 Å². The van der Waals surface area contributed by atoms with Crippen LogP contribution in [0.4, 0.5) is 5.69 Å². The van der Waals surface area contributed by atoms with Crippen LogP contribution in [0.5, 0.6) is 17.2 Å². The molecule has 0 bridgehead atoms. The molecule has 0 aromatic heterocycles. The Labute approximate surface area is 144 Å². The van der Waals surface area contributed by atoms with Crippen molar-refractivity contribution in [2.45, 2.75) is 0 Å². The summed E-state index contributed by atoms with van der Waals surface area (Å²) in [6.45, 7) is 0.848. The molecule has 0 spiro atoms. The number of amides is 1. The second kappa shape index (κ2) is 7.57. The Kier molecular flexibility index (Phi) is 5.03. The first-order valence-electron chi connectivity index (χ1n) is 7.66. The average Bonchev–Trinajstić information content (AvgIpc) is 2.66. The van der Waals surface area contributed by atoms with Crippen LogP contribution >= 0.6 is 0 Å². The Balaban J connectivity index is 1.53. The highest BCUT2D eigenvalue weighted by molar-refractivity contribution is 5.93. The van der Waals surface area contributed by atoms with Crippen molar-refractivity contribution >= 4 is 17.6 Å². The van der Waals surface area contributed by atoms with Crippen molar-refractivity contribution in [2.24, 2.45) is 0 Å². The van der Waals surface area contributed by atoms with Gasteiger partial charge in [0.1, 0.15) is 19.0 Å². The summed E-state index contributed by atoms with van der Waals surface area (Å²) in [5.41, 5.74) is 0.969. The minimum Gasteiger partial charge on any atom is -0.486 e. The topological polar surface area (TPSA) is 83.1 Å². The molecule has 1 amide bonds. The highest BCUT2D eigenvalue weighted by atomic mass is 16.6. The van der Waals surface area contributed by atoms with Gasteiger partial charge in [0.2, 0.25) is 0 Å². The highest BCUT2D eigenvalue weighted by Crippen LogP contribution is 2.33. The standard InChI is InChI=1S/C18H17NO6/c1-22-18(21)12-2-4-13(5-3-12)19-17(20)11-25-14-6-7-15-16(10-14)24-9-8-23-15/h2-7,10H,8-9,11H2,1H3,(H,19,20). The van der Waals surface area contributed by atoms with E-state index in [0.29, 0.717) is 41.7 Å². The third-order valence-electron chi connectivity index (χ3n) is 3.47. The van der Waals surface area contributed by atoms with E-state index in [4.69, 9.17) is 14.2 Å². The zero-order valence-electron chi connectivity index (χ0n) is 13.6. The number of esters is 1. The number of hydrogen-bond donors (Lipinski definition) is 1. The molecule has 0 aliphatic carbocycles. The number of benzene rings is 2. The maximum Gasteiger partial charge on any atom is 0.337 e. The molecular formula is C18H17NO6. The van der Waals surface area contributed by atoms with Crippen LogP contribution in [-0.2, 0) is 9.53 Å². The Hall–Kier alpha value is -3.22. The fraction of sp³-hybridized carbons (Fsp3) is 0.222. The molecule has 0 atom stereocenters. The number of ether oxygens (including phenoxy) is 4. The van der Waals surface area contributed by atoms with Gasteiger partial charge in [0, 0.05) is 11.8 Å². The lowest BCUT2D eigenvalue weighted by atomic mass is 10.2. The number of nitrogens with one attached hydrogen (secondary N) is 1. The van der Waals surface area contributed by atoms with E-state index in [1.54, 1.807) is 42.5 Å². The maximum atomic E-state index is 12.0. The molecule has 0 fully saturated rings. The molecule has 7 heteroatoms. The van der Waals surface area contributed by atoms with E-state index < -0.39 is 5.97 Å². The summed E-state index contributed by atoms with van der Waals surface area (Å²) in [5, 5.41) is 2.69. The number of rotatable bonds is 5. The third kappa shape index (κ3) is 4.20. The maximum absolute atomic E-state index is 12.0. The fourth-order valence-electron chi connectivity index (χ4n) is 2.27. The second-order valence-electron chi connectivity index (χ2n) is 5.21. The lowest BCUT2D eigenvalue weighted by Crippen LogP contribution is -2.20. The summed E-state index contributed by atoms with van der Waals surface area (Å²) in [6.07, 6.45) is 0. The van der Waals surface area contributed by atoms with Crippen molar-refractivity contribution in [1.29, 1.82) is 0 Å². The molecule has 0 saturated heterocycles. The summed E-state index contributed by atoms with van der Waals surface area (Å²) in [7, 11) is 1.31. The van der Waals surface area contributed by atoms with Crippen molar-refractivity contribution in [3.05, 3.63) is 48.0 Å². The van der Waals surface area contributed by atoms with Gasteiger partial charge in [-0.15, -0.1) is 0 Å². The lowest BCUT2D eigenvalue weighted by molar-refractivity contribution is -0.118. The summed E-state index contributed by atoms with van der Waals surface area (Å²) in [5.74, 6) is 1.03. The monoisotopic (exact) mass is 343 g/mol. The molecule has 7 nitrogen and oxygen atoms in total. The van der Waals surface area contributed by atoms with E-state index >= 15 is 0 Å². The minimum atomic E-state index is -0.431. The van der Waals surface area contributed by atoms with Gasteiger partial charge in [-0.05, 0) is 36.4 Å². The van der Waals surface area contributed by atoms with Crippen LogP contribution in [0.15, 0.2) is 42.5 Å². The average molecular weight is 343 g/mol. The van der Waals surface area contributed by atoms with Crippen LogP contribution in [-0.4, -0.2) is 38.8 Å². The number of carbonyl (C=O) groups is 2. The summed E-state index contributed by atoms with van der Waals surface area (Å²) < 4.78 is 21.0. The molecule has 0 unspecified atom stereocenters. The van der Waals surface area contributed by atoms with Crippen molar-refractivity contribution in [3.8, 4) is 17.2 Å². The first-order chi connectivity index (χ1) is 12.2. The SMILES string of the molecule is COC(=O)c1ccc(NC(=O)COc2ccc3c(c2)OCCO3)cc1. The van der Waals surface area contributed by atoms with Crippen molar-refractivity contribution in [3.63, 3.8) is 0 Å². The highest BCUT2D eigenvalue weighted by Gasteiger charge is 2.13. The minimum absolute atomic E-state index is 0.154. The molecule has 1 aliphatic rings. The van der Waals surface area contributed by atoms with Crippen LogP contribution in [0.25, 0.3) is 0 Å². The van der Waals surface area contributed by atoms with Crippen molar-refractivity contribution < 1.29 is 28.5 Å². The van der Waals surface area contributed by atoms with Crippen LogP contribution < -0.4 is 19.5 Å². The van der Waals surface area contributed by atoms with Gasteiger partial charge in [-0.25, -0.2) is 4.79 Å². The predicted molar refractivity (Wildman–Crippen MR) is 89.3 cm³/mol. The predicted octanol–water partition coefficient (Wildman–Crippen LogP) is 2.26. The van der Waals surface area contributed by atoms with E-state index in [1.165, 1.54) is 7.11 Å². The summed E-state index contributed by atoms with van der Waals surface area (Å²) >= 11 is 0. The Morgan fingerprint density at radius 1 is 1.04 bits per heavy atom. The van der Waals surface area contributed by atoms with Gasteiger partial charge in [-0.2, -0.15) is 0 Å². The van der Waals surface area contributed by atoms with Gasteiger partial charge in [-0.3, -0.25) is 4.79 Å². The number of carbonyl (C=O) groups excluding carboxylic acids is 2. The van der Waals surface area contributed by atoms with Crippen LogP contribution in [0.1, 0.15) is 10.4 Å². The zero-order chi connectivity index (χ0) is 17.6. The first kappa shape index (κ1) is 16.6. The van der Waals surface area contributed by atoms with Gasteiger partial charge in [-0.1, -0.05) is 0 Å². The summed E-state index contributed by atoms with van der Waals surface area (Å²) in [6, 6.07) is 11.5. The zero-order valence-corrected chi connectivity index (χ0v) is 13.6. The molecule has 0 saturated carbocycles. The molecule has 0 radical (unpaired) electrons. The first-order valence-corrected chi connectivity index (χ1v) is 7.66. The van der Waals surface area contributed by atoms with E-state index in [0.717, 1.165) is 0 Å². The molecule has 3 rings (SSSR count). The number of methoxy groups -OCH3 is 1. The van der Waals surface area contributed by atoms with Gasteiger partial charge in [0.05, 0.1) is 12.7 Å². The largest absolute Gasteiger partial charge is 0.486 e. The Bertz CT molecular complexity index is 772. The molecule has 25 heavy (non-hydrogen) atoms. The molecule has 1 heterocycles. The van der Waals surface area contributed by atoms with Gasteiger partial charge < -0.3 is 24.3 Å².